The Morgan fingerprint density at radius 1 is 1.21 bits per heavy atom. The summed E-state index contributed by atoms with van der Waals surface area (Å²) in [5.41, 5.74) is 2.94. The molecule has 2 aromatic heterocycles. The van der Waals surface area contributed by atoms with Gasteiger partial charge in [0.25, 0.3) is 5.91 Å². The summed E-state index contributed by atoms with van der Waals surface area (Å²) >= 11 is 3.02. The van der Waals surface area contributed by atoms with Crippen molar-refractivity contribution in [2.24, 2.45) is 0 Å². The first-order valence-corrected chi connectivity index (χ1v) is 13.1. The Labute approximate surface area is 205 Å². The molecule has 1 N–H and O–H groups in total. The van der Waals surface area contributed by atoms with E-state index in [1.165, 1.54) is 11.3 Å². The number of benzene rings is 1. The number of hydrogen-bond acceptors (Lipinski definition) is 7. The van der Waals surface area contributed by atoms with Gasteiger partial charge in [-0.2, -0.15) is 0 Å². The maximum Gasteiger partial charge on any atom is 0.341 e. The molecule has 3 aromatic rings. The molecule has 1 aliphatic heterocycles. The van der Waals surface area contributed by atoms with Crippen LogP contribution in [0.15, 0.2) is 47.1 Å². The van der Waals surface area contributed by atoms with E-state index in [2.05, 4.69) is 5.32 Å². The number of aryl methyl sites for hydroxylation is 1. The number of carbonyl (C=O) groups excluding carboxylic acids is 3. The molecule has 1 saturated heterocycles. The van der Waals surface area contributed by atoms with Crippen molar-refractivity contribution in [2.45, 2.75) is 38.1 Å². The number of anilines is 1. The lowest BCUT2D eigenvalue weighted by Crippen LogP contribution is -2.27. The molecule has 0 bridgehead atoms. The molecule has 176 valence electrons. The van der Waals surface area contributed by atoms with Gasteiger partial charge in [0.1, 0.15) is 16.1 Å². The summed E-state index contributed by atoms with van der Waals surface area (Å²) in [7, 11) is 0. The number of amides is 2. The van der Waals surface area contributed by atoms with Gasteiger partial charge in [0.05, 0.1) is 30.7 Å². The molecular weight excluding hydrogens is 472 g/mol. The minimum Gasteiger partial charge on any atom is -0.467 e. The standard InChI is InChI=1S/C25H24N2O5S2/c1-2-31-25(30)21-18-6-3-7-19(18)34-23(21)26-22(29)15-8-10-16(11-9-15)24-27(20(28)14-33-24)13-17-5-4-12-32-17/h4-5,8-12,24H,2-3,6-7,13-14H2,1H3,(H,26,29)/t24-/m0/s1. The zero-order valence-electron chi connectivity index (χ0n) is 18.7. The van der Waals surface area contributed by atoms with E-state index in [1.54, 1.807) is 48.0 Å². The summed E-state index contributed by atoms with van der Waals surface area (Å²) in [6.07, 6.45) is 4.36. The molecule has 3 heterocycles. The van der Waals surface area contributed by atoms with Crippen LogP contribution in [-0.4, -0.2) is 35.0 Å². The van der Waals surface area contributed by atoms with E-state index < -0.39 is 0 Å². The Balaban J connectivity index is 1.32. The van der Waals surface area contributed by atoms with Gasteiger partial charge in [0.2, 0.25) is 5.91 Å². The van der Waals surface area contributed by atoms with Gasteiger partial charge in [-0.25, -0.2) is 4.79 Å². The first kappa shape index (κ1) is 22.7. The van der Waals surface area contributed by atoms with Crippen molar-refractivity contribution in [1.82, 2.24) is 4.90 Å². The Bertz CT molecular complexity index is 1220. The molecule has 34 heavy (non-hydrogen) atoms. The Kier molecular flexibility index (Phi) is 6.47. The maximum atomic E-state index is 13.0. The van der Waals surface area contributed by atoms with E-state index in [1.807, 2.05) is 18.2 Å². The van der Waals surface area contributed by atoms with Gasteiger partial charge < -0.3 is 19.4 Å². The number of esters is 1. The van der Waals surface area contributed by atoms with E-state index in [4.69, 9.17) is 9.15 Å². The van der Waals surface area contributed by atoms with Crippen molar-refractivity contribution < 1.29 is 23.5 Å². The molecule has 0 radical (unpaired) electrons. The van der Waals surface area contributed by atoms with E-state index in [-0.39, 0.29) is 29.8 Å². The van der Waals surface area contributed by atoms with Crippen molar-refractivity contribution in [3.63, 3.8) is 0 Å². The molecule has 7 nitrogen and oxygen atoms in total. The van der Waals surface area contributed by atoms with Crippen LogP contribution in [-0.2, 0) is 28.9 Å². The number of furan rings is 1. The van der Waals surface area contributed by atoms with Crippen LogP contribution in [0.5, 0.6) is 0 Å². The Hall–Kier alpha value is -3.04. The van der Waals surface area contributed by atoms with Crippen LogP contribution in [0.1, 0.15) is 61.2 Å². The lowest BCUT2D eigenvalue weighted by Gasteiger charge is -2.23. The highest BCUT2D eigenvalue weighted by Crippen LogP contribution is 2.41. The molecular formula is C25H24N2O5S2. The van der Waals surface area contributed by atoms with Crippen LogP contribution >= 0.6 is 23.1 Å². The number of ether oxygens (including phenoxy) is 1. The first-order chi connectivity index (χ1) is 16.5. The second-order valence-electron chi connectivity index (χ2n) is 8.12. The average Bonchev–Trinajstić information content (AvgIpc) is 3.61. The topological polar surface area (TPSA) is 88.8 Å². The van der Waals surface area contributed by atoms with Crippen molar-refractivity contribution in [3.8, 4) is 0 Å². The average molecular weight is 497 g/mol. The number of nitrogens with one attached hydrogen (secondary N) is 1. The van der Waals surface area contributed by atoms with Crippen molar-refractivity contribution in [3.05, 3.63) is 75.6 Å². The highest BCUT2D eigenvalue weighted by Gasteiger charge is 2.33. The molecule has 0 spiro atoms. The molecule has 1 atom stereocenters. The molecule has 0 unspecified atom stereocenters. The summed E-state index contributed by atoms with van der Waals surface area (Å²) in [5, 5.41) is 3.35. The quantitative estimate of drug-likeness (QED) is 0.462. The minimum atomic E-state index is -0.382. The monoisotopic (exact) mass is 496 g/mol. The van der Waals surface area contributed by atoms with Gasteiger partial charge >= 0.3 is 5.97 Å². The van der Waals surface area contributed by atoms with Crippen LogP contribution in [0.3, 0.4) is 0 Å². The zero-order valence-corrected chi connectivity index (χ0v) is 20.3. The minimum absolute atomic E-state index is 0.0606. The smallest absolute Gasteiger partial charge is 0.341 e. The number of hydrogen-bond donors (Lipinski definition) is 1. The van der Waals surface area contributed by atoms with Crippen LogP contribution < -0.4 is 5.32 Å². The number of nitrogens with zero attached hydrogens (tertiary/aromatic N) is 1. The molecule has 5 rings (SSSR count). The van der Waals surface area contributed by atoms with Gasteiger partial charge in [0, 0.05) is 10.4 Å². The Morgan fingerprint density at radius 3 is 2.76 bits per heavy atom. The second-order valence-corrected chi connectivity index (χ2v) is 10.3. The van der Waals surface area contributed by atoms with Gasteiger partial charge in [-0.3, -0.25) is 9.59 Å². The van der Waals surface area contributed by atoms with E-state index in [0.717, 1.165) is 41.0 Å². The van der Waals surface area contributed by atoms with Gasteiger partial charge in [0.15, 0.2) is 0 Å². The first-order valence-electron chi connectivity index (χ1n) is 11.2. The number of fused-ring (bicyclic) bond motifs is 1. The van der Waals surface area contributed by atoms with Crippen molar-refractivity contribution in [2.75, 3.05) is 17.7 Å². The third-order valence-electron chi connectivity index (χ3n) is 5.96. The fourth-order valence-corrected chi connectivity index (χ4v) is 6.82. The highest BCUT2D eigenvalue weighted by atomic mass is 32.2. The summed E-state index contributed by atoms with van der Waals surface area (Å²) in [6, 6.07) is 10.9. The largest absolute Gasteiger partial charge is 0.467 e. The summed E-state index contributed by atoms with van der Waals surface area (Å²) in [4.78, 5) is 40.9. The molecule has 1 aliphatic carbocycles. The van der Waals surface area contributed by atoms with Crippen LogP contribution in [0.2, 0.25) is 0 Å². The fraction of sp³-hybridized carbons (Fsp3) is 0.320. The van der Waals surface area contributed by atoms with Gasteiger partial charge in [-0.1, -0.05) is 12.1 Å². The van der Waals surface area contributed by atoms with Gasteiger partial charge in [-0.15, -0.1) is 23.1 Å². The summed E-state index contributed by atoms with van der Waals surface area (Å²) in [6.45, 7) is 2.47. The van der Waals surface area contributed by atoms with Crippen LogP contribution in [0.4, 0.5) is 5.00 Å². The zero-order chi connectivity index (χ0) is 23.7. The fourth-order valence-electron chi connectivity index (χ4n) is 4.36. The lowest BCUT2D eigenvalue weighted by atomic mass is 10.1. The van der Waals surface area contributed by atoms with E-state index in [0.29, 0.717) is 28.4 Å². The summed E-state index contributed by atoms with van der Waals surface area (Å²) < 4.78 is 10.7. The second kappa shape index (κ2) is 9.68. The van der Waals surface area contributed by atoms with Crippen molar-refractivity contribution >= 4 is 45.9 Å². The summed E-state index contributed by atoms with van der Waals surface area (Å²) in [5.74, 6) is 0.544. The molecule has 2 amide bonds. The Morgan fingerprint density at radius 2 is 2.03 bits per heavy atom. The number of carbonyl (C=O) groups is 3. The van der Waals surface area contributed by atoms with Gasteiger partial charge in [-0.05, 0) is 61.6 Å². The third kappa shape index (κ3) is 4.37. The van der Waals surface area contributed by atoms with E-state index >= 15 is 0 Å². The molecule has 0 saturated carbocycles. The van der Waals surface area contributed by atoms with Crippen LogP contribution in [0.25, 0.3) is 0 Å². The number of thioether (sulfide) groups is 1. The highest BCUT2D eigenvalue weighted by molar-refractivity contribution is 8.00. The molecule has 1 fully saturated rings. The predicted octanol–water partition coefficient (Wildman–Crippen LogP) is 5.03. The van der Waals surface area contributed by atoms with Crippen LogP contribution in [0, 0.1) is 0 Å². The SMILES string of the molecule is CCOC(=O)c1c(NC(=O)c2ccc([C@@H]3SCC(=O)N3Cc3ccco3)cc2)sc2c1CCC2. The molecule has 2 aliphatic rings. The lowest BCUT2D eigenvalue weighted by molar-refractivity contribution is -0.128. The number of thiophene rings is 1. The molecule has 9 heteroatoms. The maximum absolute atomic E-state index is 13.0. The predicted molar refractivity (Wildman–Crippen MR) is 131 cm³/mol. The van der Waals surface area contributed by atoms with E-state index in [9.17, 15) is 14.4 Å². The molecule has 1 aromatic carbocycles. The third-order valence-corrected chi connectivity index (χ3v) is 8.42. The number of rotatable bonds is 7. The normalized spacial score (nSPS) is 17.1. The van der Waals surface area contributed by atoms with Crippen molar-refractivity contribution in [1.29, 1.82) is 0 Å².